The summed E-state index contributed by atoms with van der Waals surface area (Å²) in [6.45, 7) is 3.01. The van der Waals surface area contributed by atoms with Crippen molar-refractivity contribution in [3.8, 4) is 5.75 Å². The van der Waals surface area contributed by atoms with E-state index in [-0.39, 0.29) is 0 Å². The van der Waals surface area contributed by atoms with Crippen LogP contribution in [0.2, 0.25) is 0 Å². The first-order valence-electron chi connectivity index (χ1n) is 7.39. The van der Waals surface area contributed by atoms with Gasteiger partial charge in [0.05, 0.1) is 0 Å². The number of carbonyl (C=O) groups excluding carboxylic acids is 2. The lowest BCUT2D eigenvalue weighted by Gasteiger charge is -2.14. The lowest BCUT2D eigenvalue weighted by atomic mass is 10.2. The molecule has 2 rings (SSSR count). The Kier molecular flexibility index (Phi) is 5.89. The average Bonchev–Trinajstić information content (AvgIpc) is 2.54. The van der Waals surface area contributed by atoms with Crippen LogP contribution < -0.4 is 10.1 Å². The highest BCUT2D eigenvalue weighted by Crippen LogP contribution is 2.14. The number of aryl methyl sites for hydroxylation is 1. The number of hydrogen-bond acceptors (Lipinski definition) is 4. The second-order valence-corrected chi connectivity index (χ2v) is 5.24. The van der Waals surface area contributed by atoms with Crippen molar-refractivity contribution >= 4 is 17.6 Å². The van der Waals surface area contributed by atoms with Gasteiger partial charge < -0.3 is 14.8 Å². The van der Waals surface area contributed by atoms with Gasteiger partial charge in [-0.05, 0) is 55.8 Å². The molecule has 0 unspecified atom stereocenters. The first-order chi connectivity index (χ1) is 11.4. The molecule has 0 bridgehead atoms. The molecule has 0 saturated heterocycles. The number of rotatable bonds is 6. The molecule has 1 N–H and O–H groups in total. The predicted molar refractivity (Wildman–Crippen MR) is 87.3 cm³/mol. The quantitative estimate of drug-likeness (QED) is 0.826. The van der Waals surface area contributed by atoms with Crippen LogP contribution in [0.4, 0.5) is 10.1 Å². The summed E-state index contributed by atoms with van der Waals surface area (Å²) in [5.74, 6) is -1.01. The molecule has 2 aromatic carbocycles. The fourth-order valence-corrected chi connectivity index (χ4v) is 1.93. The number of anilines is 1. The number of hydrogen-bond donors (Lipinski definition) is 1. The summed E-state index contributed by atoms with van der Waals surface area (Å²) < 4.78 is 23.2. The summed E-state index contributed by atoms with van der Waals surface area (Å²) in [4.78, 5) is 23.6. The monoisotopic (exact) mass is 331 g/mol. The van der Waals surface area contributed by atoms with Gasteiger partial charge in [-0.25, -0.2) is 9.18 Å². The summed E-state index contributed by atoms with van der Waals surface area (Å²) in [5, 5.41) is 2.50. The van der Waals surface area contributed by atoms with E-state index < -0.39 is 30.4 Å². The molecular formula is C18H18FNO4. The molecule has 2 aromatic rings. The van der Waals surface area contributed by atoms with Gasteiger partial charge in [-0.1, -0.05) is 12.1 Å². The third kappa shape index (κ3) is 5.39. The van der Waals surface area contributed by atoms with Crippen molar-refractivity contribution in [3.05, 3.63) is 59.9 Å². The Morgan fingerprint density at radius 1 is 1.17 bits per heavy atom. The van der Waals surface area contributed by atoms with Crippen LogP contribution in [-0.2, 0) is 14.3 Å². The van der Waals surface area contributed by atoms with Gasteiger partial charge in [0.25, 0.3) is 5.91 Å². The molecular weight excluding hydrogens is 313 g/mol. The van der Waals surface area contributed by atoms with Gasteiger partial charge in [0.1, 0.15) is 11.6 Å². The minimum atomic E-state index is -0.842. The molecule has 0 aromatic heterocycles. The van der Waals surface area contributed by atoms with Gasteiger partial charge >= 0.3 is 5.97 Å². The van der Waals surface area contributed by atoms with E-state index in [4.69, 9.17) is 9.47 Å². The summed E-state index contributed by atoms with van der Waals surface area (Å²) in [6.07, 6.45) is -0.842. The normalized spacial score (nSPS) is 11.5. The van der Waals surface area contributed by atoms with Crippen LogP contribution in [0, 0.1) is 12.7 Å². The maximum atomic E-state index is 12.8. The van der Waals surface area contributed by atoms with Crippen LogP contribution in [0.1, 0.15) is 12.5 Å². The molecule has 0 aliphatic rings. The number of esters is 1. The van der Waals surface area contributed by atoms with Crippen LogP contribution >= 0.6 is 0 Å². The minimum absolute atomic E-state index is 0.401. The fourth-order valence-electron chi connectivity index (χ4n) is 1.93. The number of halogens is 1. The zero-order chi connectivity index (χ0) is 17.5. The topological polar surface area (TPSA) is 64.6 Å². The number of benzene rings is 2. The van der Waals surface area contributed by atoms with Gasteiger partial charge in [-0.2, -0.15) is 0 Å². The standard InChI is InChI=1S/C18H18FNO4/c1-12-4-3-5-16(10-12)24-13(2)18(22)23-11-17(21)20-15-8-6-14(19)7-9-15/h3-10,13H,11H2,1-2H3,(H,20,21)/t13-/m0/s1. The average molecular weight is 331 g/mol. The highest BCUT2D eigenvalue weighted by atomic mass is 19.1. The van der Waals surface area contributed by atoms with E-state index >= 15 is 0 Å². The summed E-state index contributed by atoms with van der Waals surface area (Å²) >= 11 is 0. The van der Waals surface area contributed by atoms with E-state index in [0.717, 1.165) is 5.56 Å². The van der Waals surface area contributed by atoms with Crippen LogP contribution in [0.5, 0.6) is 5.75 Å². The predicted octanol–water partition coefficient (Wildman–Crippen LogP) is 3.08. The van der Waals surface area contributed by atoms with Crippen molar-refractivity contribution in [2.45, 2.75) is 20.0 Å². The molecule has 0 radical (unpaired) electrons. The Morgan fingerprint density at radius 2 is 1.88 bits per heavy atom. The zero-order valence-electron chi connectivity index (χ0n) is 13.4. The van der Waals surface area contributed by atoms with Gasteiger partial charge in [0.2, 0.25) is 0 Å². The largest absolute Gasteiger partial charge is 0.479 e. The van der Waals surface area contributed by atoms with Crippen molar-refractivity contribution in [3.63, 3.8) is 0 Å². The van der Waals surface area contributed by atoms with Crippen molar-refractivity contribution < 1.29 is 23.5 Å². The van der Waals surface area contributed by atoms with Crippen molar-refractivity contribution in [1.29, 1.82) is 0 Å². The maximum absolute atomic E-state index is 12.8. The van der Waals surface area contributed by atoms with E-state index in [1.807, 2.05) is 19.1 Å². The lowest BCUT2D eigenvalue weighted by Crippen LogP contribution is -2.29. The van der Waals surface area contributed by atoms with E-state index in [9.17, 15) is 14.0 Å². The molecule has 0 heterocycles. The molecule has 5 nitrogen and oxygen atoms in total. The van der Waals surface area contributed by atoms with Crippen LogP contribution in [-0.4, -0.2) is 24.6 Å². The Morgan fingerprint density at radius 3 is 2.54 bits per heavy atom. The van der Waals surface area contributed by atoms with Crippen molar-refractivity contribution in [2.24, 2.45) is 0 Å². The smallest absolute Gasteiger partial charge is 0.347 e. The zero-order valence-corrected chi connectivity index (χ0v) is 13.4. The first kappa shape index (κ1) is 17.5. The number of ether oxygens (including phenoxy) is 2. The molecule has 0 fully saturated rings. The van der Waals surface area contributed by atoms with Crippen LogP contribution in [0.3, 0.4) is 0 Å². The molecule has 0 saturated carbocycles. The SMILES string of the molecule is Cc1cccc(O[C@@H](C)C(=O)OCC(=O)Nc2ccc(F)cc2)c1. The Labute approximate surface area is 139 Å². The van der Waals surface area contributed by atoms with E-state index in [2.05, 4.69) is 5.32 Å². The number of nitrogens with one attached hydrogen (secondary N) is 1. The van der Waals surface area contributed by atoms with E-state index in [1.165, 1.54) is 24.3 Å². The van der Waals surface area contributed by atoms with Crippen LogP contribution in [0.25, 0.3) is 0 Å². The number of carbonyl (C=O) groups is 2. The molecule has 6 heteroatoms. The summed E-state index contributed by atoms with van der Waals surface area (Å²) in [5.41, 5.74) is 1.42. The van der Waals surface area contributed by atoms with Gasteiger partial charge in [0, 0.05) is 5.69 Å². The fraction of sp³-hybridized carbons (Fsp3) is 0.222. The lowest BCUT2D eigenvalue weighted by molar-refractivity contribution is -0.153. The Balaban J connectivity index is 1.79. The second-order valence-electron chi connectivity index (χ2n) is 5.24. The van der Waals surface area contributed by atoms with Crippen molar-refractivity contribution in [2.75, 3.05) is 11.9 Å². The highest BCUT2D eigenvalue weighted by molar-refractivity contribution is 5.93. The molecule has 1 amide bonds. The van der Waals surface area contributed by atoms with E-state index in [1.54, 1.807) is 19.1 Å². The third-order valence-electron chi connectivity index (χ3n) is 3.11. The minimum Gasteiger partial charge on any atom is -0.479 e. The molecule has 0 aliphatic heterocycles. The highest BCUT2D eigenvalue weighted by Gasteiger charge is 2.18. The number of amides is 1. The Bertz CT molecular complexity index is 715. The summed E-state index contributed by atoms with van der Waals surface area (Å²) in [6, 6.07) is 12.5. The third-order valence-corrected chi connectivity index (χ3v) is 3.11. The summed E-state index contributed by atoms with van der Waals surface area (Å²) in [7, 11) is 0. The Hall–Kier alpha value is -2.89. The van der Waals surface area contributed by atoms with Crippen LogP contribution in [0.15, 0.2) is 48.5 Å². The van der Waals surface area contributed by atoms with Gasteiger partial charge in [0.15, 0.2) is 12.7 Å². The molecule has 0 spiro atoms. The maximum Gasteiger partial charge on any atom is 0.347 e. The van der Waals surface area contributed by atoms with Gasteiger partial charge in [-0.15, -0.1) is 0 Å². The van der Waals surface area contributed by atoms with Crippen molar-refractivity contribution in [1.82, 2.24) is 0 Å². The molecule has 1 atom stereocenters. The second kappa shape index (κ2) is 8.10. The molecule has 24 heavy (non-hydrogen) atoms. The van der Waals surface area contributed by atoms with E-state index in [0.29, 0.717) is 11.4 Å². The molecule has 126 valence electrons. The molecule has 0 aliphatic carbocycles. The van der Waals surface area contributed by atoms with Gasteiger partial charge in [-0.3, -0.25) is 4.79 Å². The first-order valence-corrected chi connectivity index (χ1v) is 7.39.